The highest BCUT2D eigenvalue weighted by molar-refractivity contribution is 5.72. The first kappa shape index (κ1) is 19.8. The Balaban J connectivity index is 2.03. The second kappa shape index (κ2) is 8.73. The molecule has 0 bridgehead atoms. The van der Waals surface area contributed by atoms with Crippen LogP contribution in [0, 0.1) is 31.4 Å². The molecule has 13 heteroatoms. The second-order valence-corrected chi connectivity index (χ2v) is 5.57. The van der Waals surface area contributed by atoms with E-state index in [1.54, 1.807) is 6.92 Å². The molecule has 0 radical (unpaired) electrons. The molecule has 1 saturated heterocycles. The van der Waals surface area contributed by atoms with Gasteiger partial charge in [-0.3, -0.25) is 29.9 Å². The van der Waals surface area contributed by atoms with E-state index in [0.29, 0.717) is 18.9 Å². The minimum Gasteiger partial charge on any atom is -0.569 e. The molecule has 1 heterocycles. The highest BCUT2D eigenvalue weighted by atomic mass is 16.7. The van der Waals surface area contributed by atoms with Crippen molar-refractivity contribution in [2.24, 2.45) is 11.2 Å². The summed E-state index contributed by atoms with van der Waals surface area (Å²) in [4.78, 5) is 36.6. The number of nitrogens with zero attached hydrogens (tertiary/aromatic N) is 5. The van der Waals surface area contributed by atoms with Gasteiger partial charge >= 0.3 is 11.7 Å². The fraction of sp³-hybridized carbons (Fsp3) is 0.500. The Bertz CT molecular complexity index is 760. The summed E-state index contributed by atoms with van der Waals surface area (Å²) in [7, 11) is 0. The van der Waals surface area contributed by atoms with Gasteiger partial charge in [-0.1, -0.05) is 0 Å². The molecule has 13 nitrogen and oxygen atoms in total. The van der Waals surface area contributed by atoms with Gasteiger partial charge in [0.25, 0.3) is 5.69 Å². The van der Waals surface area contributed by atoms with Gasteiger partial charge in [-0.05, 0) is 25.8 Å². The van der Waals surface area contributed by atoms with Crippen LogP contribution in [-0.2, 0) is 9.53 Å². The summed E-state index contributed by atoms with van der Waals surface area (Å²) in [6.07, 6.45) is 0.787. The average molecular weight is 383 g/mol. The third-order valence-corrected chi connectivity index (χ3v) is 3.89. The molecule has 1 aliphatic rings. The second-order valence-electron chi connectivity index (χ2n) is 5.57. The van der Waals surface area contributed by atoms with Crippen LogP contribution < -0.4 is 4.84 Å². The summed E-state index contributed by atoms with van der Waals surface area (Å²) in [6, 6.07) is 2.70. The predicted molar refractivity (Wildman–Crippen MR) is 87.4 cm³/mol. The number of carbonyl (C=O) groups is 1. The Labute approximate surface area is 152 Å². The van der Waals surface area contributed by atoms with Gasteiger partial charge in [0.05, 0.1) is 46.5 Å². The number of esters is 1. The summed E-state index contributed by atoms with van der Waals surface area (Å²) in [5.74, 6) is -1.02. The number of hydrogen-bond donors (Lipinski definition) is 0. The number of ether oxygens (including phenoxy) is 1. The van der Waals surface area contributed by atoms with Gasteiger partial charge in [0.1, 0.15) is 0 Å². The first-order valence-corrected chi connectivity index (χ1v) is 8.03. The zero-order valence-electron chi connectivity index (χ0n) is 14.3. The maximum absolute atomic E-state index is 12.0. The lowest BCUT2D eigenvalue weighted by Crippen LogP contribution is -2.40. The molecule has 1 fully saturated rings. The van der Waals surface area contributed by atoms with Crippen LogP contribution in [0.4, 0.5) is 11.4 Å². The van der Waals surface area contributed by atoms with E-state index in [1.165, 1.54) is 5.01 Å². The lowest BCUT2D eigenvalue weighted by atomic mass is 9.98. The maximum atomic E-state index is 12.0. The molecule has 0 unspecified atom stereocenters. The average Bonchev–Trinajstić information content (AvgIpc) is 2.66. The molecule has 0 N–H and O–H groups in total. The van der Waals surface area contributed by atoms with Crippen LogP contribution in [0.5, 0.6) is 5.75 Å². The minimum atomic E-state index is -0.877. The molecule has 0 amide bonds. The molecule has 0 aromatic heterocycles. The molecular weight excluding hydrogens is 366 g/mol. The molecule has 2 rings (SSSR count). The molecule has 1 aromatic carbocycles. The zero-order valence-corrected chi connectivity index (χ0v) is 14.3. The zero-order chi connectivity index (χ0) is 20.0. The van der Waals surface area contributed by atoms with Gasteiger partial charge in [-0.2, -0.15) is 0 Å². The van der Waals surface area contributed by atoms with Crippen molar-refractivity contribution in [2.45, 2.75) is 19.8 Å². The van der Waals surface area contributed by atoms with Crippen molar-refractivity contribution in [3.8, 4) is 5.75 Å². The molecule has 1 aromatic rings. The van der Waals surface area contributed by atoms with Crippen molar-refractivity contribution in [1.29, 1.82) is 0 Å². The van der Waals surface area contributed by atoms with E-state index in [2.05, 4.69) is 5.28 Å². The summed E-state index contributed by atoms with van der Waals surface area (Å²) >= 11 is 0. The van der Waals surface area contributed by atoms with Crippen LogP contribution in [0.25, 0.3) is 0 Å². The topological polar surface area (TPSA) is 163 Å². The minimum absolute atomic E-state index is 0.131. The van der Waals surface area contributed by atoms with Crippen molar-refractivity contribution >= 4 is 17.3 Å². The van der Waals surface area contributed by atoms with E-state index in [1.807, 2.05) is 0 Å². The summed E-state index contributed by atoms with van der Waals surface area (Å²) in [5, 5.41) is 38.2. The molecule has 0 spiro atoms. The van der Waals surface area contributed by atoms with Gasteiger partial charge < -0.3 is 9.94 Å². The van der Waals surface area contributed by atoms with E-state index in [0.717, 1.165) is 12.1 Å². The number of piperidine rings is 1. The predicted octanol–water partition coefficient (Wildman–Crippen LogP) is 1.95. The molecule has 146 valence electrons. The third-order valence-electron chi connectivity index (χ3n) is 3.89. The van der Waals surface area contributed by atoms with Crippen LogP contribution in [0.3, 0.4) is 0 Å². The lowest BCUT2D eigenvalue weighted by molar-refractivity contribution is -0.709. The fourth-order valence-corrected chi connectivity index (χ4v) is 2.50. The monoisotopic (exact) mass is 383 g/mol. The number of nitro groups is 2. The van der Waals surface area contributed by atoms with E-state index >= 15 is 0 Å². The van der Waals surface area contributed by atoms with E-state index < -0.39 is 27.0 Å². The number of carbonyl (C=O) groups excluding carboxylic acids is 1. The standard InChI is InChI=1S/C14H17N5O8/c1-2-26-14(20)10-5-7-16(8-6-10)19(25)15-27-13-4-3-11(17(21)22)9-12(13)18(23)24/h3-4,9-10H,2,5-8H2,1H3/b19-15-. The summed E-state index contributed by atoms with van der Waals surface area (Å²) in [5.41, 5.74) is -1.18. The number of nitro benzene ring substituents is 2. The third kappa shape index (κ3) is 4.99. The lowest BCUT2D eigenvalue weighted by Gasteiger charge is -2.26. The highest BCUT2D eigenvalue weighted by Gasteiger charge is 2.30. The number of non-ortho nitro benzene ring substituents is 1. The van der Waals surface area contributed by atoms with Gasteiger partial charge in [-0.25, -0.2) is 0 Å². The first-order chi connectivity index (χ1) is 12.8. The van der Waals surface area contributed by atoms with Crippen molar-refractivity contribution < 1.29 is 29.2 Å². The largest absolute Gasteiger partial charge is 0.569 e. The number of benzene rings is 1. The van der Waals surface area contributed by atoms with Crippen LogP contribution in [0.15, 0.2) is 23.5 Å². The molecule has 0 aliphatic carbocycles. The highest BCUT2D eigenvalue weighted by Crippen LogP contribution is 2.31. The first-order valence-electron chi connectivity index (χ1n) is 8.03. The van der Waals surface area contributed by atoms with Gasteiger partial charge in [0, 0.05) is 6.07 Å². The number of rotatable bonds is 7. The van der Waals surface area contributed by atoms with Crippen molar-refractivity contribution in [3.05, 3.63) is 43.6 Å². The molecule has 0 saturated carbocycles. The van der Waals surface area contributed by atoms with E-state index in [9.17, 15) is 30.2 Å². The molecule has 27 heavy (non-hydrogen) atoms. The quantitative estimate of drug-likeness (QED) is 0.225. The summed E-state index contributed by atoms with van der Waals surface area (Å²) in [6.45, 7) is 2.44. The Kier molecular flexibility index (Phi) is 6.41. The maximum Gasteiger partial charge on any atom is 0.321 e. The van der Waals surface area contributed by atoms with E-state index in [4.69, 9.17) is 9.57 Å². The van der Waals surface area contributed by atoms with Crippen molar-refractivity contribution in [1.82, 2.24) is 5.01 Å². The van der Waals surface area contributed by atoms with Gasteiger partial charge in [0.15, 0.2) is 0 Å². The van der Waals surface area contributed by atoms with E-state index in [-0.39, 0.29) is 36.6 Å². The Morgan fingerprint density at radius 3 is 2.44 bits per heavy atom. The Morgan fingerprint density at radius 1 is 1.22 bits per heavy atom. The SMILES string of the molecule is CCOC(=O)C1CCN(/[N+]([O-])=N/Oc2ccc([N+](=O)[O-])cc2[N+](=O)[O-])CC1. The van der Waals surface area contributed by atoms with Gasteiger partial charge in [-0.15, -0.1) is 5.01 Å². The molecule has 1 aliphatic heterocycles. The van der Waals surface area contributed by atoms with Crippen LogP contribution in [0.1, 0.15) is 19.8 Å². The van der Waals surface area contributed by atoms with Crippen molar-refractivity contribution in [2.75, 3.05) is 19.7 Å². The van der Waals surface area contributed by atoms with Crippen LogP contribution in [-0.4, -0.2) is 45.5 Å². The number of hydrogen-bond acceptors (Lipinski definition) is 9. The van der Waals surface area contributed by atoms with Gasteiger partial charge in [0.2, 0.25) is 11.0 Å². The Morgan fingerprint density at radius 2 is 1.89 bits per heavy atom. The normalized spacial score (nSPS) is 15.3. The number of hydrazine groups is 1. The Hall–Kier alpha value is -3.51. The molecule has 0 atom stereocenters. The van der Waals surface area contributed by atoms with Crippen molar-refractivity contribution in [3.63, 3.8) is 0 Å². The van der Waals surface area contributed by atoms with Crippen LogP contribution in [0.2, 0.25) is 0 Å². The summed E-state index contributed by atoms with van der Waals surface area (Å²) < 4.78 is 4.94. The molecular formula is C14H17N5O8. The fourth-order valence-electron chi connectivity index (χ4n) is 2.50. The smallest absolute Gasteiger partial charge is 0.321 e. The van der Waals surface area contributed by atoms with Crippen LogP contribution >= 0.6 is 0 Å².